The number of nitrogens with zero attached hydrogens (tertiary/aromatic N) is 3. The van der Waals surface area contributed by atoms with E-state index in [1.165, 1.54) is 23.3 Å². The van der Waals surface area contributed by atoms with E-state index in [1.807, 2.05) is 43.8 Å². The van der Waals surface area contributed by atoms with Crippen LogP contribution in [0.1, 0.15) is 47.8 Å². The van der Waals surface area contributed by atoms with Crippen LogP contribution in [0.4, 0.5) is 20.6 Å². The second kappa shape index (κ2) is 10.2. The minimum absolute atomic E-state index is 0.0506. The van der Waals surface area contributed by atoms with Gasteiger partial charge in [0, 0.05) is 37.0 Å². The number of rotatable bonds is 4. The summed E-state index contributed by atoms with van der Waals surface area (Å²) in [6.45, 7) is 8.42. The number of nitrogens with one attached hydrogen (secondary N) is 3. The average Bonchev–Trinajstić information content (AvgIpc) is 3.53. The molecule has 8 nitrogen and oxygen atoms in total. The van der Waals surface area contributed by atoms with Gasteiger partial charge in [-0.25, -0.2) is 9.18 Å². The Morgan fingerprint density at radius 1 is 0.976 bits per heavy atom. The van der Waals surface area contributed by atoms with Crippen LogP contribution in [-0.4, -0.2) is 40.2 Å². The lowest BCUT2D eigenvalue weighted by atomic mass is 9.96. The first-order chi connectivity index (χ1) is 19.6. The van der Waals surface area contributed by atoms with E-state index in [-0.39, 0.29) is 17.1 Å². The quantitative estimate of drug-likeness (QED) is 0.290. The number of fused-ring (bicyclic) bond motifs is 2. The molecule has 0 bridgehead atoms. The number of carbonyl (C=O) groups is 2. The minimum atomic E-state index is -0.572. The van der Waals surface area contributed by atoms with Crippen molar-refractivity contribution in [2.75, 3.05) is 24.2 Å². The van der Waals surface area contributed by atoms with Crippen molar-refractivity contribution in [3.63, 3.8) is 0 Å². The zero-order valence-electron chi connectivity index (χ0n) is 23.6. The van der Waals surface area contributed by atoms with E-state index < -0.39 is 11.8 Å². The average molecular weight is 553 g/mol. The molecule has 3 N–H and O–H groups in total. The van der Waals surface area contributed by atoms with Gasteiger partial charge in [0.05, 0.1) is 16.9 Å². The largest absolute Gasteiger partial charge is 0.348 e. The van der Waals surface area contributed by atoms with E-state index in [9.17, 15) is 9.59 Å². The summed E-state index contributed by atoms with van der Waals surface area (Å²) in [5.74, 6) is -0.703. The molecule has 3 amide bonds. The molecule has 4 aromatic rings. The maximum atomic E-state index is 15.2. The molecule has 2 aliphatic heterocycles. The number of anilines is 2. The standard InChI is InChI=1S/C32H33FN6O2/c1-32(2,3)39-18-28(29(37-39)21-9-8-19-12-13-38(4)17-22(19)14-21)36-31(41)35-27-11-10-20(15-26(27)33)23-6-5-7-24-25(23)16-34-30(24)40/h5-11,14-15,18H,12-13,16-17H2,1-4H3,(H,34,40)(H2,35,36,41). The topological polar surface area (TPSA) is 91.3 Å². The second-order valence-electron chi connectivity index (χ2n) is 11.8. The Labute approximate surface area is 238 Å². The van der Waals surface area contributed by atoms with Crippen LogP contribution in [0, 0.1) is 5.82 Å². The van der Waals surface area contributed by atoms with Gasteiger partial charge in [0.15, 0.2) is 0 Å². The molecular weight excluding hydrogens is 519 g/mol. The van der Waals surface area contributed by atoms with Crippen LogP contribution < -0.4 is 16.0 Å². The van der Waals surface area contributed by atoms with E-state index in [0.29, 0.717) is 29.1 Å². The molecule has 6 rings (SSSR count). The van der Waals surface area contributed by atoms with Crippen molar-refractivity contribution in [3.05, 3.63) is 88.9 Å². The fourth-order valence-electron chi connectivity index (χ4n) is 5.45. The number of amides is 3. The van der Waals surface area contributed by atoms with Gasteiger partial charge >= 0.3 is 6.03 Å². The van der Waals surface area contributed by atoms with Gasteiger partial charge in [-0.15, -0.1) is 0 Å². The van der Waals surface area contributed by atoms with Crippen LogP contribution in [0.3, 0.4) is 0 Å². The van der Waals surface area contributed by atoms with Gasteiger partial charge in [0.25, 0.3) is 5.91 Å². The SMILES string of the molecule is CN1CCc2ccc(-c3nn(C(C)(C)C)cc3NC(=O)Nc3ccc(-c4cccc5c4CNC5=O)cc3F)cc2C1. The third-order valence-electron chi connectivity index (χ3n) is 7.71. The summed E-state index contributed by atoms with van der Waals surface area (Å²) in [5, 5.41) is 13.2. The van der Waals surface area contributed by atoms with E-state index in [1.54, 1.807) is 18.2 Å². The highest BCUT2D eigenvalue weighted by atomic mass is 19.1. The fraction of sp³-hybridized carbons (Fsp3) is 0.281. The predicted molar refractivity (Wildman–Crippen MR) is 158 cm³/mol. The van der Waals surface area contributed by atoms with Gasteiger partial charge < -0.3 is 20.9 Å². The zero-order chi connectivity index (χ0) is 28.9. The van der Waals surface area contributed by atoms with Crippen LogP contribution in [0.5, 0.6) is 0 Å². The first-order valence-corrected chi connectivity index (χ1v) is 13.8. The molecule has 0 fully saturated rings. The van der Waals surface area contributed by atoms with Crippen LogP contribution in [0.25, 0.3) is 22.4 Å². The lowest BCUT2D eigenvalue weighted by Crippen LogP contribution is -2.26. The Hall–Kier alpha value is -4.50. The van der Waals surface area contributed by atoms with Crippen LogP contribution in [0.2, 0.25) is 0 Å². The van der Waals surface area contributed by atoms with Crippen molar-refractivity contribution in [1.82, 2.24) is 20.0 Å². The molecule has 2 aliphatic rings. The molecule has 0 aliphatic carbocycles. The molecule has 0 unspecified atom stereocenters. The number of hydrogen-bond donors (Lipinski definition) is 3. The lowest BCUT2D eigenvalue weighted by Gasteiger charge is -2.25. The Morgan fingerprint density at radius 2 is 1.73 bits per heavy atom. The molecule has 1 aromatic heterocycles. The highest BCUT2D eigenvalue weighted by molar-refractivity contribution is 6.02. The number of likely N-dealkylation sites (N-methyl/N-ethyl adjacent to an activating group) is 1. The number of halogens is 1. The lowest BCUT2D eigenvalue weighted by molar-refractivity contribution is 0.0965. The van der Waals surface area contributed by atoms with Gasteiger partial charge in [-0.05, 0) is 86.3 Å². The Kier molecular flexibility index (Phi) is 6.62. The molecule has 210 valence electrons. The van der Waals surface area contributed by atoms with Crippen molar-refractivity contribution in [2.45, 2.75) is 45.8 Å². The third kappa shape index (κ3) is 5.20. The number of urea groups is 1. The van der Waals surface area contributed by atoms with Gasteiger partial charge in [-0.1, -0.05) is 30.3 Å². The molecular formula is C32H33FN6O2. The van der Waals surface area contributed by atoms with Crippen LogP contribution >= 0.6 is 0 Å². The fourth-order valence-corrected chi connectivity index (χ4v) is 5.45. The smallest absolute Gasteiger partial charge is 0.323 e. The van der Waals surface area contributed by atoms with Crippen molar-refractivity contribution in [1.29, 1.82) is 0 Å². The van der Waals surface area contributed by atoms with Crippen molar-refractivity contribution in [3.8, 4) is 22.4 Å². The van der Waals surface area contributed by atoms with Crippen molar-refractivity contribution < 1.29 is 14.0 Å². The van der Waals surface area contributed by atoms with Crippen molar-refractivity contribution in [2.24, 2.45) is 0 Å². The Bertz CT molecular complexity index is 1690. The van der Waals surface area contributed by atoms with E-state index in [4.69, 9.17) is 5.10 Å². The normalized spacial score (nSPS) is 14.8. The molecule has 3 aromatic carbocycles. The highest BCUT2D eigenvalue weighted by Gasteiger charge is 2.24. The number of hydrogen-bond acceptors (Lipinski definition) is 4. The molecule has 3 heterocycles. The number of benzene rings is 3. The van der Waals surface area contributed by atoms with Gasteiger partial charge in [0.2, 0.25) is 0 Å². The zero-order valence-corrected chi connectivity index (χ0v) is 23.6. The van der Waals surface area contributed by atoms with E-state index in [0.717, 1.165) is 36.2 Å². The second-order valence-corrected chi connectivity index (χ2v) is 11.8. The maximum absolute atomic E-state index is 15.2. The van der Waals surface area contributed by atoms with Crippen LogP contribution in [0.15, 0.2) is 60.8 Å². The number of aromatic nitrogens is 2. The molecule has 0 saturated heterocycles. The Morgan fingerprint density at radius 3 is 2.51 bits per heavy atom. The summed E-state index contributed by atoms with van der Waals surface area (Å²) in [6.07, 6.45) is 2.81. The molecule has 41 heavy (non-hydrogen) atoms. The molecule has 0 radical (unpaired) electrons. The predicted octanol–water partition coefficient (Wildman–Crippen LogP) is 5.99. The molecule has 0 spiro atoms. The summed E-state index contributed by atoms with van der Waals surface area (Å²) in [6, 6.07) is 15.8. The summed E-state index contributed by atoms with van der Waals surface area (Å²) < 4.78 is 17.0. The Balaban J connectivity index is 1.25. The van der Waals surface area contributed by atoms with Gasteiger partial charge in [-0.2, -0.15) is 5.10 Å². The molecule has 9 heteroatoms. The van der Waals surface area contributed by atoms with Crippen LogP contribution in [-0.2, 0) is 25.0 Å². The van der Waals surface area contributed by atoms with E-state index >= 15 is 4.39 Å². The summed E-state index contributed by atoms with van der Waals surface area (Å²) in [7, 11) is 2.11. The summed E-state index contributed by atoms with van der Waals surface area (Å²) in [4.78, 5) is 27.4. The van der Waals surface area contributed by atoms with E-state index in [2.05, 4.69) is 40.0 Å². The first kappa shape index (κ1) is 26.7. The summed E-state index contributed by atoms with van der Waals surface area (Å²) in [5.41, 5.74) is 7.29. The van der Waals surface area contributed by atoms with Crippen molar-refractivity contribution >= 4 is 23.3 Å². The number of carbonyl (C=O) groups excluding carboxylic acids is 2. The monoisotopic (exact) mass is 552 g/mol. The molecule has 0 atom stereocenters. The van der Waals surface area contributed by atoms with Gasteiger partial charge in [0.1, 0.15) is 11.5 Å². The molecule has 0 saturated carbocycles. The third-order valence-corrected chi connectivity index (χ3v) is 7.71. The first-order valence-electron chi connectivity index (χ1n) is 13.8. The summed E-state index contributed by atoms with van der Waals surface area (Å²) >= 11 is 0. The highest BCUT2D eigenvalue weighted by Crippen LogP contribution is 2.33. The maximum Gasteiger partial charge on any atom is 0.323 e. The van der Waals surface area contributed by atoms with Gasteiger partial charge in [-0.3, -0.25) is 9.48 Å². The minimum Gasteiger partial charge on any atom is -0.348 e.